The number of H-pyrrole nitrogens is 1. The number of carbonyl (C=O) groups is 1. The molecule has 0 radical (unpaired) electrons. The first-order chi connectivity index (χ1) is 12.6. The number of aryl methyl sites for hydroxylation is 1. The van der Waals surface area contributed by atoms with Gasteiger partial charge < -0.3 is 19.5 Å². The van der Waals surface area contributed by atoms with Crippen LogP contribution in [0.15, 0.2) is 18.2 Å². The van der Waals surface area contributed by atoms with Crippen molar-refractivity contribution in [3.8, 4) is 5.75 Å². The quantitative estimate of drug-likeness (QED) is 0.703. The lowest BCUT2D eigenvalue weighted by Gasteiger charge is -2.26. The topological polar surface area (TPSA) is 87.7 Å². The number of ether oxygens (including phenoxy) is 2. The van der Waals surface area contributed by atoms with Crippen LogP contribution in [-0.4, -0.2) is 65.1 Å². The Kier molecular flexibility index (Phi) is 6.46. The van der Waals surface area contributed by atoms with Gasteiger partial charge in [-0.2, -0.15) is 5.10 Å². The molecule has 0 aliphatic carbocycles. The van der Waals surface area contributed by atoms with Crippen LogP contribution in [0.3, 0.4) is 0 Å². The lowest BCUT2D eigenvalue weighted by Crippen LogP contribution is -2.40. The predicted molar refractivity (Wildman–Crippen MR) is 98.2 cm³/mol. The zero-order valence-electron chi connectivity index (χ0n) is 15.2. The number of hydrogen-bond donors (Lipinski definition) is 2. The molecule has 2 aromatic rings. The van der Waals surface area contributed by atoms with Gasteiger partial charge in [-0.1, -0.05) is 12.5 Å². The number of fused-ring (bicyclic) bond motifs is 1. The summed E-state index contributed by atoms with van der Waals surface area (Å²) in [6, 6.07) is 5.70. The molecule has 0 saturated carbocycles. The van der Waals surface area contributed by atoms with Crippen LogP contribution in [0, 0.1) is 6.92 Å². The molecule has 1 aliphatic heterocycles. The van der Waals surface area contributed by atoms with Gasteiger partial charge in [0.2, 0.25) is 5.91 Å². The van der Waals surface area contributed by atoms with Crippen LogP contribution < -0.4 is 4.74 Å². The summed E-state index contributed by atoms with van der Waals surface area (Å²) in [7, 11) is 0. The van der Waals surface area contributed by atoms with Crippen molar-refractivity contribution >= 4 is 16.8 Å². The number of aliphatic hydroxyl groups is 1. The fraction of sp³-hybridized carbons (Fsp3) is 0.579. The minimum atomic E-state index is -0.545. The van der Waals surface area contributed by atoms with Crippen molar-refractivity contribution in [3.05, 3.63) is 23.9 Å². The molecule has 7 heteroatoms. The highest BCUT2D eigenvalue weighted by molar-refractivity contribution is 5.87. The van der Waals surface area contributed by atoms with Crippen LogP contribution in [0.1, 0.15) is 31.4 Å². The van der Waals surface area contributed by atoms with Gasteiger partial charge in [-0.25, -0.2) is 0 Å². The smallest absolute Gasteiger partial charge is 0.222 e. The second kappa shape index (κ2) is 9.00. The monoisotopic (exact) mass is 361 g/mol. The SMILES string of the molecule is Cc1[nH]nc2cccc(OC[C@@H](O)CCCCC(=O)N3CCOCC3)c12. The summed E-state index contributed by atoms with van der Waals surface area (Å²) in [5, 5.41) is 18.3. The number of hydrogen-bond acceptors (Lipinski definition) is 5. The van der Waals surface area contributed by atoms with Gasteiger partial charge in [0.15, 0.2) is 0 Å². The first-order valence-electron chi connectivity index (χ1n) is 9.25. The molecule has 7 nitrogen and oxygen atoms in total. The van der Waals surface area contributed by atoms with Crippen LogP contribution >= 0.6 is 0 Å². The highest BCUT2D eigenvalue weighted by Crippen LogP contribution is 2.27. The second-order valence-corrected chi connectivity index (χ2v) is 6.70. The number of unbranched alkanes of at least 4 members (excludes halogenated alkanes) is 1. The van der Waals surface area contributed by atoms with E-state index in [1.807, 2.05) is 30.0 Å². The summed E-state index contributed by atoms with van der Waals surface area (Å²) in [5.41, 5.74) is 1.81. The van der Waals surface area contributed by atoms with E-state index in [9.17, 15) is 9.90 Å². The normalized spacial score (nSPS) is 16.0. The fourth-order valence-corrected chi connectivity index (χ4v) is 3.21. The summed E-state index contributed by atoms with van der Waals surface area (Å²) in [6.07, 6.45) is 2.19. The molecule has 1 aromatic heterocycles. The summed E-state index contributed by atoms with van der Waals surface area (Å²) in [4.78, 5) is 13.9. The van der Waals surface area contributed by atoms with Crippen molar-refractivity contribution in [1.82, 2.24) is 15.1 Å². The molecule has 0 unspecified atom stereocenters. The van der Waals surface area contributed by atoms with Gasteiger partial charge in [0.25, 0.3) is 0 Å². The van der Waals surface area contributed by atoms with Gasteiger partial charge >= 0.3 is 0 Å². The molecule has 3 rings (SSSR count). The van der Waals surface area contributed by atoms with Gasteiger partial charge in [0.05, 0.1) is 30.2 Å². The van der Waals surface area contributed by atoms with E-state index < -0.39 is 6.10 Å². The van der Waals surface area contributed by atoms with Crippen LogP contribution in [0.4, 0.5) is 0 Å². The van der Waals surface area contributed by atoms with Gasteiger partial charge in [0, 0.05) is 25.2 Å². The Labute approximate surface area is 153 Å². The van der Waals surface area contributed by atoms with E-state index >= 15 is 0 Å². The number of nitrogens with one attached hydrogen (secondary N) is 1. The van der Waals surface area contributed by atoms with Crippen molar-refractivity contribution < 1.29 is 19.4 Å². The Hall–Kier alpha value is -2.12. The maximum absolute atomic E-state index is 12.1. The zero-order valence-corrected chi connectivity index (χ0v) is 15.2. The number of amides is 1. The number of morpholine rings is 1. The first-order valence-corrected chi connectivity index (χ1v) is 9.25. The van der Waals surface area contributed by atoms with E-state index in [0.717, 1.165) is 35.2 Å². The average molecular weight is 361 g/mol. The first kappa shape index (κ1) is 18.7. The Bertz CT molecular complexity index is 725. The third-order valence-electron chi connectivity index (χ3n) is 4.70. The van der Waals surface area contributed by atoms with E-state index in [0.29, 0.717) is 39.1 Å². The Morgan fingerprint density at radius 3 is 3.00 bits per heavy atom. The molecular weight excluding hydrogens is 334 g/mol. The predicted octanol–water partition coefficient (Wildman–Crippen LogP) is 2.03. The molecule has 26 heavy (non-hydrogen) atoms. The lowest BCUT2D eigenvalue weighted by atomic mass is 10.1. The van der Waals surface area contributed by atoms with Crippen molar-refractivity contribution in [2.45, 2.75) is 38.7 Å². The Balaban J connectivity index is 1.37. The van der Waals surface area contributed by atoms with Gasteiger partial charge in [-0.05, 0) is 31.9 Å². The minimum absolute atomic E-state index is 0.182. The van der Waals surface area contributed by atoms with Gasteiger partial charge in [0.1, 0.15) is 12.4 Å². The number of nitrogens with zero attached hydrogens (tertiary/aromatic N) is 2. The van der Waals surface area contributed by atoms with Crippen molar-refractivity contribution in [2.75, 3.05) is 32.9 Å². The van der Waals surface area contributed by atoms with Crippen molar-refractivity contribution in [2.24, 2.45) is 0 Å². The van der Waals surface area contributed by atoms with E-state index in [4.69, 9.17) is 9.47 Å². The molecule has 1 aliphatic rings. The van der Waals surface area contributed by atoms with E-state index in [1.54, 1.807) is 0 Å². The summed E-state index contributed by atoms with van der Waals surface area (Å²) in [5.74, 6) is 0.913. The largest absolute Gasteiger partial charge is 0.490 e. The Morgan fingerprint density at radius 1 is 1.38 bits per heavy atom. The second-order valence-electron chi connectivity index (χ2n) is 6.70. The van der Waals surface area contributed by atoms with Crippen LogP contribution in [-0.2, 0) is 9.53 Å². The maximum atomic E-state index is 12.1. The van der Waals surface area contributed by atoms with Crippen LogP contribution in [0.2, 0.25) is 0 Å². The highest BCUT2D eigenvalue weighted by Gasteiger charge is 2.16. The Morgan fingerprint density at radius 2 is 2.19 bits per heavy atom. The molecule has 1 fully saturated rings. The maximum Gasteiger partial charge on any atom is 0.222 e. The van der Waals surface area contributed by atoms with E-state index in [-0.39, 0.29) is 12.5 Å². The average Bonchev–Trinajstić information content (AvgIpc) is 3.06. The molecule has 0 spiro atoms. The lowest BCUT2D eigenvalue weighted by molar-refractivity contribution is -0.135. The molecule has 1 aromatic carbocycles. The number of carbonyl (C=O) groups excluding carboxylic acids is 1. The highest BCUT2D eigenvalue weighted by atomic mass is 16.5. The van der Waals surface area contributed by atoms with E-state index in [2.05, 4.69) is 10.2 Å². The summed E-state index contributed by atoms with van der Waals surface area (Å²) in [6.45, 7) is 4.82. The molecule has 142 valence electrons. The minimum Gasteiger partial charge on any atom is -0.490 e. The molecule has 0 bridgehead atoms. The molecule has 1 atom stereocenters. The number of aromatic amines is 1. The number of aliphatic hydroxyl groups excluding tert-OH is 1. The molecule has 1 saturated heterocycles. The fourth-order valence-electron chi connectivity index (χ4n) is 3.21. The molecule has 1 amide bonds. The molecular formula is C19H27N3O4. The number of aromatic nitrogens is 2. The van der Waals surface area contributed by atoms with Crippen molar-refractivity contribution in [1.29, 1.82) is 0 Å². The van der Waals surface area contributed by atoms with Crippen LogP contribution in [0.25, 0.3) is 10.9 Å². The van der Waals surface area contributed by atoms with Crippen LogP contribution in [0.5, 0.6) is 5.75 Å². The van der Waals surface area contributed by atoms with E-state index in [1.165, 1.54) is 0 Å². The standard InChI is InChI=1S/C19H27N3O4/c1-14-19-16(21-20-14)6-4-7-17(19)26-13-15(23)5-2-3-8-18(24)22-9-11-25-12-10-22/h4,6-7,15,23H,2-3,5,8-13H2,1H3,(H,20,21)/t15-/m0/s1. The third kappa shape index (κ3) is 4.74. The summed E-state index contributed by atoms with van der Waals surface area (Å²) < 4.78 is 11.0. The van der Waals surface area contributed by atoms with Gasteiger partial charge in [-0.15, -0.1) is 0 Å². The van der Waals surface area contributed by atoms with Gasteiger partial charge in [-0.3, -0.25) is 9.89 Å². The van der Waals surface area contributed by atoms with Crippen molar-refractivity contribution in [3.63, 3.8) is 0 Å². The number of benzene rings is 1. The zero-order chi connectivity index (χ0) is 18.4. The molecule has 2 N–H and O–H groups in total. The number of rotatable bonds is 8. The molecule has 2 heterocycles. The third-order valence-corrected chi connectivity index (χ3v) is 4.70. The summed E-state index contributed by atoms with van der Waals surface area (Å²) >= 11 is 0.